The Hall–Kier alpha value is -1.40. The van der Waals surface area contributed by atoms with Crippen LogP contribution in [0.5, 0.6) is 0 Å². The Bertz CT molecular complexity index is 541. The number of rotatable bonds is 5. The van der Waals surface area contributed by atoms with Gasteiger partial charge in [0.25, 0.3) is 0 Å². The molecule has 2 aliphatic carbocycles. The molecule has 0 spiro atoms. The van der Waals surface area contributed by atoms with Gasteiger partial charge in [-0.05, 0) is 26.2 Å². The van der Waals surface area contributed by atoms with Crippen molar-refractivity contribution in [3.63, 3.8) is 0 Å². The molecule has 6 heteroatoms. The van der Waals surface area contributed by atoms with Crippen LogP contribution in [0.4, 0.5) is 11.6 Å². The smallest absolute Gasteiger partial charge is 0.148 e. The largest absolute Gasteiger partial charge is 0.381 e. The first-order chi connectivity index (χ1) is 9.97. The van der Waals surface area contributed by atoms with Crippen LogP contribution in [0.25, 0.3) is 0 Å². The molecule has 2 unspecified atom stereocenters. The summed E-state index contributed by atoms with van der Waals surface area (Å²) in [6.07, 6.45) is 3.64. The van der Waals surface area contributed by atoms with E-state index in [9.17, 15) is 0 Å². The average molecular weight is 291 g/mol. The fourth-order valence-corrected chi connectivity index (χ4v) is 3.03. The van der Waals surface area contributed by atoms with Crippen molar-refractivity contribution in [2.75, 3.05) is 17.9 Å². The summed E-state index contributed by atoms with van der Waals surface area (Å²) in [5, 5.41) is 3.57. The Morgan fingerprint density at radius 1 is 1.24 bits per heavy atom. The first-order valence-electron chi connectivity index (χ1n) is 7.61. The highest BCUT2D eigenvalue weighted by Gasteiger charge is 2.49. The maximum absolute atomic E-state index is 5.60. The Morgan fingerprint density at radius 3 is 2.43 bits per heavy atom. The van der Waals surface area contributed by atoms with Gasteiger partial charge >= 0.3 is 0 Å². The molecule has 2 fully saturated rings. The van der Waals surface area contributed by atoms with Gasteiger partial charge < -0.3 is 15.5 Å². The van der Waals surface area contributed by atoms with Crippen molar-refractivity contribution in [1.29, 1.82) is 0 Å². The Kier molecular flexibility index (Phi) is 3.53. The van der Waals surface area contributed by atoms with Gasteiger partial charge in [-0.25, -0.2) is 15.8 Å². The summed E-state index contributed by atoms with van der Waals surface area (Å²) in [5.41, 5.74) is 3.76. The van der Waals surface area contributed by atoms with Crippen LogP contribution in [0.15, 0.2) is 0 Å². The van der Waals surface area contributed by atoms with Gasteiger partial charge in [0.2, 0.25) is 0 Å². The number of hydrogen-bond acceptors (Lipinski definition) is 6. The summed E-state index contributed by atoms with van der Waals surface area (Å²) in [4.78, 5) is 9.24. The Labute approximate surface area is 125 Å². The molecule has 0 radical (unpaired) electrons. The molecule has 0 bridgehead atoms. The SMILES string of the molecule is COC1CC(Nc2nc(C3CC3)nc(NN)c2C)C1(C)C. The van der Waals surface area contributed by atoms with E-state index >= 15 is 0 Å². The number of ether oxygens (including phenoxy) is 1. The summed E-state index contributed by atoms with van der Waals surface area (Å²) >= 11 is 0. The molecule has 116 valence electrons. The van der Waals surface area contributed by atoms with Gasteiger partial charge in [0.15, 0.2) is 0 Å². The van der Waals surface area contributed by atoms with Crippen LogP contribution in [0.1, 0.15) is 50.4 Å². The van der Waals surface area contributed by atoms with Crippen LogP contribution >= 0.6 is 0 Å². The molecule has 2 aliphatic rings. The van der Waals surface area contributed by atoms with Crippen molar-refractivity contribution < 1.29 is 4.74 Å². The zero-order valence-electron chi connectivity index (χ0n) is 13.2. The van der Waals surface area contributed by atoms with E-state index in [1.165, 1.54) is 12.8 Å². The molecule has 21 heavy (non-hydrogen) atoms. The third kappa shape index (κ3) is 2.46. The first kappa shape index (κ1) is 14.5. The van der Waals surface area contributed by atoms with Crippen molar-refractivity contribution in [3.8, 4) is 0 Å². The summed E-state index contributed by atoms with van der Waals surface area (Å²) in [7, 11) is 1.78. The summed E-state index contributed by atoms with van der Waals surface area (Å²) < 4.78 is 5.51. The molecule has 2 saturated carbocycles. The number of nitrogens with zero attached hydrogens (tertiary/aromatic N) is 2. The highest BCUT2D eigenvalue weighted by atomic mass is 16.5. The van der Waals surface area contributed by atoms with E-state index in [2.05, 4.69) is 29.6 Å². The van der Waals surface area contributed by atoms with Crippen LogP contribution in [0, 0.1) is 12.3 Å². The number of hydrogen-bond donors (Lipinski definition) is 3. The normalized spacial score (nSPS) is 27.1. The zero-order chi connectivity index (χ0) is 15.2. The second kappa shape index (κ2) is 5.10. The van der Waals surface area contributed by atoms with Crippen LogP contribution in [0.3, 0.4) is 0 Å². The molecule has 2 atom stereocenters. The highest BCUT2D eigenvalue weighted by molar-refractivity contribution is 5.58. The van der Waals surface area contributed by atoms with Gasteiger partial charge in [-0.15, -0.1) is 0 Å². The molecule has 3 rings (SSSR count). The van der Waals surface area contributed by atoms with E-state index in [-0.39, 0.29) is 5.41 Å². The van der Waals surface area contributed by atoms with E-state index < -0.39 is 0 Å². The maximum Gasteiger partial charge on any atom is 0.148 e. The van der Waals surface area contributed by atoms with E-state index in [4.69, 9.17) is 15.6 Å². The Balaban J connectivity index is 1.83. The molecule has 0 amide bonds. The van der Waals surface area contributed by atoms with Crippen molar-refractivity contribution in [2.45, 2.75) is 58.1 Å². The number of nitrogen functional groups attached to an aromatic ring is 1. The van der Waals surface area contributed by atoms with Gasteiger partial charge in [-0.1, -0.05) is 13.8 Å². The number of anilines is 2. The lowest BCUT2D eigenvalue weighted by Crippen LogP contribution is -2.57. The average Bonchev–Trinajstić information content (AvgIpc) is 3.29. The lowest BCUT2D eigenvalue weighted by Gasteiger charge is -2.51. The number of methoxy groups -OCH3 is 1. The van der Waals surface area contributed by atoms with Gasteiger partial charge in [-0.3, -0.25) is 0 Å². The second-order valence-electron chi connectivity index (χ2n) is 6.80. The van der Waals surface area contributed by atoms with Crippen LogP contribution < -0.4 is 16.6 Å². The minimum absolute atomic E-state index is 0.0994. The van der Waals surface area contributed by atoms with Crippen molar-refractivity contribution in [3.05, 3.63) is 11.4 Å². The minimum atomic E-state index is 0.0994. The predicted molar refractivity (Wildman–Crippen MR) is 83.2 cm³/mol. The third-order valence-electron chi connectivity index (χ3n) is 5.02. The molecular formula is C15H25N5O. The maximum atomic E-state index is 5.60. The van der Waals surface area contributed by atoms with E-state index in [0.29, 0.717) is 18.1 Å². The summed E-state index contributed by atoms with van der Waals surface area (Å²) in [6.45, 7) is 6.44. The van der Waals surface area contributed by atoms with E-state index in [1.807, 2.05) is 6.92 Å². The molecule has 4 N–H and O–H groups in total. The van der Waals surface area contributed by atoms with E-state index in [0.717, 1.165) is 29.4 Å². The van der Waals surface area contributed by atoms with E-state index in [1.54, 1.807) is 7.11 Å². The number of nitrogens with two attached hydrogens (primary N) is 1. The van der Waals surface area contributed by atoms with Crippen LogP contribution in [-0.2, 0) is 4.74 Å². The fourth-order valence-electron chi connectivity index (χ4n) is 3.03. The predicted octanol–water partition coefficient (Wildman–Crippen LogP) is 2.17. The van der Waals surface area contributed by atoms with Crippen molar-refractivity contribution >= 4 is 11.6 Å². The number of nitrogens with one attached hydrogen (secondary N) is 2. The molecule has 6 nitrogen and oxygen atoms in total. The topological polar surface area (TPSA) is 85.1 Å². The quantitative estimate of drug-likeness (QED) is 0.569. The van der Waals surface area contributed by atoms with Crippen molar-refractivity contribution in [1.82, 2.24) is 9.97 Å². The van der Waals surface area contributed by atoms with Gasteiger partial charge in [0.1, 0.15) is 17.5 Å². The summed E-state index contributed by atoms with van der Waals surface area (Å²) in [6, 6.07) is 0.355. The first-order valence-corrected chi connectivity index (χ1v) is 7.61. The fraction of sp³-hybridized carbons (Fsp3) is 0.733. The molecule has 1 heterocycles. The molecule has 0 aliphatic heterocycles. The standard InChI is InChI=1S/C15H25N5O/c1-8-12(17-10-7-11(21-4)15(10,2)3)18-14(9-5-6-9)19-13(8)20-16/h9-11H,5-7,16H2,1-4H3,(H2,17,18,19,20). The molecule has 0 aromatic carbocycles. The van der Waals surface area contributed by atoms with Crippen LogP contribution in [-0.4, -0.2) is 29.2 Å². The number of aromatic nitrogens is 2. The zero-order valence-corrected chi connectivity index (χ0v) is 13.2. The van der Waals surface area contributed by atoms with Gasteiger partial charge in [-0.2, -0.15) is 0 Å². The van der Waals surface area contributed by atoms with Crippen LogP contribution in [0.2, 0.25) is 0 Å². The summed E-state index contributed by atoms with van der Waals surface area (Å²) in [5.74, 6) is 8.61. The molecule has 1 aromatic rings. The molecule has 1 aromatic heterocycles. The van der Waals surface area contributed by atoms with Gasteiger partial charge in [0.05, 0.1) is 6.10 Å². The third-order valence-corrected chi connectivity index (χ3v) is 5.02. The highest BCUT2D eigenvalue weighted by Crippen LogP contribution is 2.45. The molecule has 0 saturated heterocycles. The lowest BCUT2D eigenvalue weighted by molar-refractivity contribution is -0.0795. The Morgan fingerprint density at radius 2 is 1.90 bits per heavy atom. The minimum Gasteiger partial charge on any atom is -0.381 e. The molecular weight excluding hydrogens is 266 g/mol. The second-order valence-corrected chi connectivity index (χ2v) is 6.80. The monoisotopic (exact) mass is 291 g/mol. The number of hydrazine groups is 1. The van der Waals surface area contributed by atoms with Crippen molar-refractivity contribution in [2.24, 2.45) is 11.3 Å². The van der Waals surface area contributed by atoms with Gasteiger partial charge in [0, 0.05) is 30.0 Å². The lowest BCUT2D eigenvalue weighted by atomic mass is 9.64.